The van der Waals surface area contributed by atoms with Crippen molar-refractivity contribution in [3.63, 3.8) is 0 Å². The number of carbonyl (C=O) groups is 1. The predicted molar refractivity (Wildman–Crippen MR) is 92.2 cm³/mol. The molecule has 0 radical (unpaired) electrons. The molecule has 0 aliphatic heterocycles. The normalized spacial score (nSPS) is 10.5. The zero-order chi connectivity index (χ0) is 17.8. The lowest BCUT2D eigenvalue weighted by Gasteiger charge is -2.09. The molecule has 0 spiro atoms. The second-order valence-corrected chi connectivity index (χ2v) is 5.29. The number of nitrogens with zero attached hydrogens (tertiary/aromatic N) is 3. The predicted octanol–water partition coefficient (Wildman–Crippen LogP) is 3.43. The molecule has 0 unspecified atom stereocenters. The van der Waals surface area contributed by atoms with Crippen molar-refractivity contribution in [3.05, 3.63) is 54.3 Å². The minimum Gasteiger partial charge on any atom is -0.466 e. The summed E-state index contributed by atoms with van der Waals surface area (Å²) in [4.78, 5) is 15.9. The summed E-state index contributed by atoms with van der Waals surface area (Å²) in [6, 6.07) is 13.4. The number of hydrogen-bond donors (Lipinski definition) is 1. The first-order valence-electron chi connectivity index (χ1n) is 7.78. The van der Waals surface area contributed by atoms with Gasteiger partial charge in [-0.1, -0.05) is 13.0 Å². The molecule has 1 N–H and O–H groups in total. The van der Waals surface area contributed by atoms with Crippen LogP contribution in [0.15, 0.2) is 48.5 Å². The first-order valence-corrected chi connectivity index (χ1v) is 7.78. The summed E-state index contributed by atoms with van der Waals surface area (Å²) in [5, 5.41) is 7.12. The van der Waals surface area contributed by atoms with Crippen molar-refractivity contribution in [2.45, 2.75) is 13.3 Å². The third-order valence-corrected chi connectivity index (χ3v) is 3.57. The van der Waals surface area contributed by atoms with Gasteiger partial charge in [0.15, 0.2) is 5.82 Å². The van der Waals surface area contributed by atoms with Gasteiger partial charge in [0, 0.05) is 17.7 Å². The number of ether oxygens (including phenoxy) is 1. The SMILES string of the molecule is CCC(=O)Nc1cccc(-n2nc(OC)nc2-c2ccc(F)cc2)c1. The molecule has 0 bridgehead atoms. The van der Waals surface area contributed by atoms with Crippen LogP contribution in [0.4, 0.5) is 10.1 Å². The van der Waals surface area contributed by atoms with E-state index in [1.165, 1.54) is 19.2 Å². The third kappa shape index (κ3) is 3.65. The largest absolute Gasteiger partial charge is 0.466 e. The van der Waals surface area contributed by atoms with E-state index >= 15 is 0 Å². The minimum atomic E-state index is -0.328. The molecule has 0 saturated heterocycles. The van der Waals surface area contributed by atoms with Crippen molar-refractivity contribution in [1.82, 2.24) is 14.8 Å². The van der Waals surface area contributed by atoms with Crippen LogP contribution >= 0.6 is 0 Å². The van der Waals surface area contributed by atoms with E-state index < -0.39 is 0 Å². The molecule has 0 fully saturated rings. The molecule has 2 aromatic carbocycles. The third-order valence-electron chi connectivity index (χ3n) is 3.57. The van der Waals surface area contributed by atoms with Crippen molar-refractivity contribution in [1.29, 1.82) is 0 Å². The molecule has 0 aliphatic rings. The average molecular weight is 340 g/mol. The lowest BCUT2D eigenvalue weighted by Crippen LogP contribution is -2.10. The number of rotatable bonds is 5. The standard InChI is InChI=1S/C18H17FN4O2/c1-3-16(24)20-14-5-4-6-15(11-14)23-17(21-18(22-23)25-2)12-7-9-13(19)10-8-12/h4-11H,3H2,1-2H3,(H,20,24). The average Bonchev–Trinajstić information content (AvgIpc) is 3.07. The van der Waals surface area contributed by atoms with Crippen molar-refractivity contribution in [3.8, 4) is 23.1 Å². The highest BCUT2D eigenvalue weighted by atomic mass is 19.1. The molecule has 25 heavy (non-hydrogen) atoms. The van der Waals surface area contributed by atoms with Gasteiger partial charge in [-0.25, -0.2) is 9.07 Å². The van der Waals surface area contributed by atoms with Crippen molar-refractivity contribution >= 4 is 11.6 Å². The number of hydrogen-bond acceptors (Lipinski definition) is 4. The van der Waals surface area contributed by atoms with Gasteiger partial charge in [0.1, 0.15) is 5.82 Å². The maximum atomic E-state index is 13.2. The van der Waals surface area contributed by atoms with Crippen LogP contribution in [0.25, 0.3) is 17.1 Å². The molecule has 3 aromatic rings. The summed E-state index contributed by atoms with van der Waals surface area (Å²) in [6.45, 7) is 1.79. The Kier molecular flexibility index (Phi) is 4.74. The Labute approximate surface area is 144 Å². The summed E-state index contributed by atoms with van der Waals surface area (Å²) in [5.74, 6) is 0.106. The summed E-state index contributed by atoms with van der Waals surface area (Å²) in [7, 11) is 1.48. The number of nitrogens with one attached hydrogen (secondary N) is 1. The summed E-state index contributed by atoms with van der Waals surface area (Å²) in [5.41, 5.74) is 2.05. The molecule has 1 aromatic heterocycles. The maximum absolute atomic E-state index is 13.2. The van der Waals surface area contributed by atoms with Crippen LogP contribution in [-0.4, -0.2) is 27.8 Å². The van der Waals surface area contributed by atoms with Gasteiger partial charge < -0.3 is 10.1 Å². The fourth-order valence-corrected chi connectivity index (χ4v) is 2.31. The number of amides is 1. The second kappa shape index (κ2) is 7.12. The molecule has 0 atom stereocenters. The molecule has 7 heteroatoms. The summed E-state index contributed by atoms with van der Waals surface area (Å²) >= 11 is 0. The quantitative estimate of drug-likeness (QED) is 0.772. The Hall–Kier alpha value is -3.22. The number of carbonyl (C=O) groups excluding carboxylic acids is 1. The molecule has 3 rings (SSSR count). The number of benzene rings is 2. The number of aromatic nitrogens is 3. The molecule has 128 valence electrons. The van der Waals surface area contributed by atoms with E-state index in [0.717, 1.165) is 0 Å². The zero-order valence-corrected chi connectivity index (χ0v) is 13.9. The topological polar surface area (TPSA) is 69.0 Å². The number of methoxy groups -OCH3 is 1. The molecule has 6 nitrogen and oxygen atoms in total. The summed E-state index contributed by atoms with van der Waals surface area (Å²) < 4.78 is 19.9. The van der Waals surface area contributed by atoms with Gasteiger partial charge in [0.25, 0.3) is 0 Å². The number of anilines is 1. The smallest absolute Gasteiger partial charge is 0.336 e. The van der Waals surface area contributed by atoms with E-state index in [0.29, 0.717) is 29.2 Å². The Morgan fingerprint density at radius 3 is 2.68 bits per heavy atom. The highest BCUT2D eigenvalue weighted by Gasteiger charge is 2.14. The van der Waals surface area contributed by atoms with E-state index in [1.54, 1.807) is 35.9 Å². The first kappa shape index (κ1) is 16.6. The van der Waals surface area contributed by atoms with E-state index in [2.05, 4.69) is 15.4 Å². The van der Waals surface area contributed by atoms with Crippen LogP contribution in [0.2, 0.25) is 0 Å². The zero-order valence-electron chi connectivity index (χ0n) is 13.9. The van der Waals surface area contributed by atoms with Gasteiger partial charge in [0.2, 0.25) is 5.91 Å². The van der Waals surface area contributed by atoms with Crippen LogP contribution in [0, 0.1) is 5.82 Å². The highest BCUT2D eigenvalue weighted by Crippen LogP contribution is 2.25. The van der Waals surface area contributed by atoms with Gasteiger partial charge in [0.05, 0.1) is 12.8 Å². The van der Waals surface area contributed by atoms with Crippen LogP contribution in [0.1, 0.15) is 13.3 Å². The van der Waals surface area contributed by atoms with Gasteiger partial charge in [-0.15, -0.1) is 5.10 Å². The summed E-state index contributed by atoms with van der Waals surface area (Å²) in [6.07, 6.45) is 0.391. The second-order valence-electron chi connectivity index (χ2n) is 5.29. The number of halogens is 1. The van der Waals surface area contributed by atoms with E-state index in [9.17, 15) is 9.18 Å². The van der Waals surface area contributed by atoms with E-state index in [1.807, 2.05) is 12.1 Å². The fourth-order valence-electron chi connectivity index (χ4n) is 2.31. The van der Waals surface area contributed by atoms with Crippen molar-refractivity contribution < 1.29 is 13.9 Å². The highest BCUT2D eigenvalue weighted by molar-refractivity contribution is 5.90. The Balaban J connectivity index is 2.05. The molecule has 0 aliphatic carbocycles. The molecular weight excluding hydrogens is 323 g/mol. The van der Waals surface area contributed by atoms with Crippen molar-refractivity contribution in [2.24, 2.45) is 0 Å². The molecule has 1 heterocycles. The molecule has 0 saturated carbocycles. The Morgan fingerprint density at radius 1 is 1.24 bits per heavy atom. The van der Waals surface area contributed by atoms with Crippen LogP contribution in [-0.2, 0) is 4.79 Å². The Morgan fingerprint density at radius 2 is 2.00 bits per heavy atom. The van der Waals surface area contributed by atoms with E-state index in [-0.39, 0.29) is 17.7 Å². The fraction of sp³-hybridized carbons (Fsp3) is 0.167. The van der Waals surface area contributed by atoms with Gasteiger partial charge in [-0.05, 0) is 42.5 Å². The maximum Gasteiger partial charge on any atom is 0.336 e. The van der Waals surface area contributed by atoms with Crippen LogP contribution in [0.3, 0.4) is 0 Å². The van der Waals surface area contributed by atoms with Crippen molar-refractivity contribution in [2.75, 3.05) is 12.4 Å². The minimum absolute atomic E-state index is 0.0768. The lowest BCUT2D eigenvalue weighted by atomic mass is 10.2. The lowest BCUT2D eigenvalue weighted by molar-refractivity contribution is -0.115. The molecule has 1 amide bonds. The van der Waals surface area contributed by atoms with Crippen LogP contribution < -0.4 is 10.1 Å². The monoisotopic (exact) mass is 340 g/mol. The van der Waals surface area contributed by atoms with Gasteiger partial charge in [-0.2, -0.15) is 4.98 Å². The van der Waals surface area contributed by atoms with E-state index in [4.69, 9.17) is 4.74 Å². The first-order chi connectivity index (χ1) is 12.1. The Bertz CT molecular complexity index is 890. The van der Waals surface area contributed by atoms with Gasteiger partial charge >= 0.3 is 6.01 Å². The molecular formula is C18H17FN4O2. The van der Waals surface area contributed by atoms with Crippen LogP contribution in [0.5, 0.6) is 6.01 Å². The van der Waals surface area contributed by atoms with Gasteiger partial charge in [-0.3, -0.25) is 4.79 Å².